The van der Waals surface area contributed by atoms with Gasteiger partial charge >= 0.3 is 21.7 Å². The van der Waals surface area contributed by atoms with Crippen LogP contribution < -0.4 is 5.10 Å². The van der Waals surface area contributed by atoms with Crippen molar-refractivity contribution in [3.63, 3.8) is 0 Å². The second-order valence-electron chi connectivity index (χ2n) is 3.91. The third-order valence-corrected chi connectivity index (χ3v) is 1.27. The van der Waals surface area contributed by atoms with Crippen LogP contribution in [0.15, 0.2) is 6.07 Å². The summed E-state index contributed by atoms with van der Waals surface area (Å²) in [5, 5.41) is 18.4. The molecule has 1 aromatic heterocycles. The molecular weight excluding hydrogens is 274 g/mol. The zero-order valence-electron chi connectivity index (χ0n) is 13.9. The van der Waals surface area contributed by atoms with E-state index in [1.807, 2.05) is 13.0 Å². The molecular formula is C13H29N5Ti. The Balaban J connectivity index is -0.0000000956. The van der Waals surface area contributed by atoms with E-state index in [4.69, 9.17) is 0 Å². The molecule has 0 saturated carbocycles. The number of aryl methyl sites for hydroxylation is 1. The average molecular weight is 303 g/mol. The molecule has 0 N–H and O–H groups in total. The van der Waals surface area contributed by atoms with E-state index in [1.165, 1.54) is 0 Å². The number of hydrogen-bond donors (Lipinski definition) is 0. The Bertz CT molecular complexity index is 234. The molecule has 1 heterocycles. The van der Waals surface area contributed by atoms with Crippen molar-refractivity contribution in [1.82, 2.24) is 10.2 Å². The quantitative estimate of drug-likeness (QED) is 0.747. The average Bonchev–Trinajstić information content (AvgIpc) is 2.68. The molecule has 0 saturated heterocycles. The smallest absolute Gasteiger partial charge is 0.668 e. The van der Waals surface area contributed by atoms with E-state index in [9.17, 15) is 0 Å². The van der Waals surface area contributed by atoms with E-state index in [0.717, 1.165) is 11.4 Å². The van der Waals surface area contributed by atoms with Crippen LogP contribution in [0.25, 0.3) is 16.0 Å². The normalized spacial score (nSPS) is 7.89. The fourth-order valence-electron chi connectivity index (χ4n) is 0.690. The first-order valence-electron chi connectivity index (χ1n) is 5.85. The Morgan fingerprint density at radius 1 is 0.947 bits per heavy atom. The molecule has 0 unspecified atom stereocenters. The van der Waals surface area contributed by atoms with Gasteiger partial charge in [0.05, 0.1) is 0 Å². The van der Waals surface area contributed by atoms with Gasteiger partial charge in [-0.05, 0) is 5.92 Å². The first-order chi connectivity index (χ1) is 8.44. The van der Waals surface area contributed by atoms with Crippen molar-refractivity contribution in [2.24, 2.45) is 0 Å². The van der Waals surface area contributed by atoms with Crippen molar-refractivity contribution in [2.45, 2.75) is 26.7 Å². The Morgan fingerprint density at radius 2 is 1.26 bits per heavy atom. The Kier molecular flexibility index (Phi) is 32.8. The Labute approximate surface area is 134 Å². The minimum absolute atomic E-state index is 0. The molecule has 19 heavy (non-hydrogen) atoms. The second-order valence-corrected chi connectivity index (χ2v) is 3.91. The number of nitrogens with zero attached hydrogens (tertiary/aromatic N) is 5. The van der Waals surface area contributed by atoms with Crippen LogP contribution >= 0.6 is 0 Å². The molecule has 6 heteroatoms. The molecule has 1 rings (SSSR count). The van der Waals surface area contributed by atoms with Crippen molar-refractivity contribution >= 4 is 0 Å². The van der Waals surface area contributed by atoms with Crippen molar-refractivity contribution in [1.29, 1.82) is 0 Å². The van der Waals surface area contributed by atoms with Gasteiger partial charge < -0.3 is 26.1 Å². The monoisotopic (exact) mass is 303 g/mol. The van der Waals surface area contributed by atoms with Gasteiger partial charge in [-0.1, -0.05) is 26.8 Å². The van der Waals surface area contributed by atoms with Crippen LogP contribution in [0.1, 0.15) is 31.2 Å². The summed E-state index contributed by atoms with van der Waals surface area (Å²) >= 11 is 0. The van der Waals surface area contributed by atoms with E-state index in [0.29, 0.717) is 5.92 Å². The van der Waals surface area contributed by atoms with Crippen LogP contribution in [-0.2, 0) is 21.7 Å². The van der Waals surface area contributed by atoms with Gasteiger partial charge in [0, 0.05) is 5.69 Å². The third kappa shape index (κ3) is 27.1. The SMILES string of the molecule is C[N-]C.C[N-]C.C[N-]C.Cc1cc(C(C)C)n[n-]1.[Ti+4]. The zero-order valence-corrected chi connectivity index (χ0v) is 15.5. The van der Waals surface area contributed by atoms with Gasteiger partial charge in [-0.15, -0.1) is 5.69 Å². The minimum Gasteiger partial charge on any atom is -0.668 e. The number of rotatable bonds is 1. The molecule has 0 aliphatic carbocycles. The topological polar surface area (TPSA) is 69.3 Å². The second kappa shape index (κ2) is 22.9. The molecule has 0 bridgehead atoms. The molecule has 0 aromatic carbocycles. The molecule has 1 aromatic rings. The van der Waals surface area contributed by atoms with Gasteiger partial charge in [-0.2, -0.15) is 42.3 Å². The molecule has 0 atom stereocenters. The van der Waals surface area contributed by atoms with Crippen molar-refractivity contribution < 1.29 is 21.7 Å². The summed E-state index contributed by atoms with van der Waals surface area (Å²) in [7, 11) is 10.5. The Morgan fingerprint density at radius 3 is 1.37 bits per heavy atom. The number of aromatic nitrogens is 2. The molecule has 0 aliphatic heterocycles. The van der Waals surface area contributed by atoms with Crippen molar-refractivity contribution in [3.8, 4) is 0 Å². The van der Waals surface area contributed by atoms with Crippen LogP contribution in [-0.4, -0.2) is 47.4 Å². The predicted molar refractivity (Wildman–Crippen MR) is 82.0 cm³/mol. The zero-order chi connectivity index (χ0) is 15.0. The molecule has 0 amide bonds. The predicted octanol–water partition coefficient (Wildman–Crippen LogP) is 3.33. The summed E-state index contributed by atoms with van der Waals surface area (Å²) < 4.78 is 0. The maximum Gasteiger partial charge on any atom is 4.00 e. The van der Waals surface area contributed by atoms with Crippen LogP contribution in [0.4, 0.5) is 0 Å². The van der Waals surface area contributed by atoms with Crippen molar-refractivity contribution in [2.75, 3.05) is 42.3 Å². The molecule has 110 valence electrons. The molecule has 5 nitrogen and oxygen atoms in total. The summed E-state index contributed by atoms with van der Waals surface area (Å²) in [5.41, 5.74) is 2.10. The van der Waals surface area contributed by atoms with Gasteiger partial charge in [-0.25, -0.2) is 0 Å². The van der Waals surface area contributed by atoms with E-state index < -0.39 is 0 Å². The standard InChI is InChI=1S/C7H11N2.3C2H6N.Ti/c1-5(2)7-4-6(3)8-9-7;3*1-3-2;/h4-5H,1-3H3;3*1-2H3;/q4*-1;+4. The first kappa shape index (κ1) is 27.2. The first-order valence-corrected chi connectivity index (χ1v) is 5.85. The molecule has 0 aliphatic rings. The van der Waals surface area contributed by atoms with E-state index in [1.54, 1.807) is 42.3 Å². The summed E-state index contributed by atoms with van der Waals surface area (Å²) in [4.78, 5) is 0. The number of hydrogen-bond acceptors (Lipinski definition) is 1. The van der Waals surface area contributed by atoms with Crippen LogP contribution in [0.3, 0.4) is 0 Å². The third-order valence-electron chi connectivity index (χ3n) is 1.27. The van der Waals surface area contributed by atoms with E-state index in [2.05, 4.69) is 40.0 Å². The summed E-state index contributed by atoms with van der Waals surface area (Å²) in [5.74, 6) is 0.506. The van der Waals surface area contributed by atoms with Gasteiger partial charge in [-0.3, -0.25) is 0 Å². The molecule has 0 radical (unpaired) electrons. The van der Waals surface area contributed by atoms with E-state index in [-0.39, 0.29) is 21.7 Å². The summed E-state index contributed by atoms with van der Waals surface area (Å²) in [6, 6.07) is 2.02. The maximum absolute atomic E-state index is 3.97. The molecule has 0 fully saturated rings. The maximum atomic E-state index is 3.97. The van der Waals surface area contributed by atoms with Gasteiger partial charge in [0.15, 0.2) is 0 Å². The van der Waals surface area contributed by atoms with E-state index >= 15 is 0 Å². The van der Waals surface area contributed by atoms with Crippen LogP contribution in [0, 0.1) is 6.92 Å². The summed E-state index contributed by atoms with van der Waals surface area (Å²) in [6.07, 6.45) is 0. The van der Waals surface area contributed by atoms with Crippen LogP contribution in [0.5, 0.6) is 0 Å². The Hall–Kier alpha value is -0.196. The van der Waals surface area contributed by atoms with Crippen molar-refractivity contribution in [3.05, 3.63) is 33.4 Å². The fourth-order valence-corrected chi connectivity index (χ4v) is 0.690. The largest absolute Gasteiger partial charge is 4.00 e. The molecule has 0 spiro atoms. The van der Waals surface area contributed by atoms with Gasteiger partial charge in [0.1, 0.15) is 0 Å². The fraction of sp³-hybridized carbons (Fsp3) is 0.769. The minimum atomic E-state index is 0. The van der Waals surface area contributed by atoms with Crippen LogP contribution in [0.2, 0.25) is 0 Å². The van der Waals surface area contributed by atoms with Gasteiger partial charge in [0.2, 0.25) is 0 Å². The summed E-state index contributed by atoms with van der Waals surface area (Å²) in [6.45, 7) is 6.19. The van der Waals surface area contributed by atoms with Gasteiger partial charge in [0.25, 0.3) is 0 Å².